The summed E-state index contributed by atoms with van der Waals surface area (Å²) in [6, 6.07) is 17.7. The van der Waals surface area contributed by atoms with Crippen LogP contribution in [0.25, 0.3) is 16.0 Å². The van der Waals surface area contributed by atoms with E-state index >= 15 is 0 Å². The van der Waals surface area contributed by atoms with Crippen LogP contribution in [0.15, 0.2) is 66.2 Å². The summed E-state index contributed by atoms with van der Waals surface area (Å²) < 4.78 is 12.3. The van der Waals surface area contributed by atoms with E-state index in [0.717, 1.165) is 28.7 Å². The van der Waals surface area contributed by atoms with E-state index in [1.807, 2.05) is 81.4 Å². The van der Waals surface area contributed by atoms with Crippen molar-refractivity contribution >= 4 is 44.1 Å². The summed E-state index contributed by atoms with van der Waals surface area (Å²) in [5.74, 6) is -0.273. The number of Topliss-reactive ketones (excluding diaryl/α,β-unsaturated/α-hetero) is 1. The number of hydrogen-bond donors (Lipinski definition) is 1. The number of aryl methyl sites for hydroxylation is 2. The lowest BCUT2D eigenvalue weighted by Crippen LogP contribution is -2.29. The number of aliphatic hydroxyl groups excluding tert-OH is 1. The summed E-state index contributed by atoms with van der Waals surface area (Å²) >= 11 is 1.30. The normalized spacial score (nSPS) is 16.6. The van der Waals surface area contributed by atoms with Crippen molar-refractivity contribution in [1.29, 1.82) is 0 Å². The second kappa shape index (κ2) is 11.5. The van der Waals surface area contributed by atoms with Gasteiger partial charge in [-0.25, -0.2) is 4.98 Å². The molecule has 3 aromatic carbocycles. The van der Waals surface area contributed by atoms with Crippen LogP contribution < -0.4 is 14.4 Å². The van der Waals surface area contributed by atoms with Gasteiger partial charge >= 0.3 is 5.91 Å². The summed E-state index contributed by atoms with van der Waals surface area (Å²) in [6.45, 7) is 8.94. The van der Waals surface area contributed by atoms with Crippen LogP contribution >= 0.6 is 11.3 Å². The maximum Gasteiger partial charge on any atom is 0.301 e. The van der Waals surface area contributed by atoms with E-state index in [4.69, 9.17) is 14.5 Å². The number of fused-ring (bicyclic) bond motifs is 1. The number of benzene rings is 3. The Morgan fingerprint density at radius 1 is 0.975 bits per heavy atom. The van der Waals surface area contributed by atoms with Gasteiger partial charge in [-0.2, -0.15) is 0 Å². The van der Waals surface area contributed by atoms with Gasteiger partial charge in [-0.15, -0.1) is 0 Å². The number of ketones is 1. The molecule has 0 saturated carbocycles. The molecule has 1 N–H and O–H groups in total. The smallest absolute Gasteiger partial charge is 0.301 e. The molecule has 1 atom stereocenters. The van der Waals surface area contributed by atoms with Crippen molar-refractivity contribution in [2.75, 3.05) is 18.1 Å². The molecule has 0 aliphatic carbocycles. The largest absolute Gasteiger partial charge is 0.507 e. The standard InChI is InChI=1S/C32H32N2O5S/c1-5-7-16-39-22-12-10-21(11-13-22)28-27(29(35)24-17-19(3)8-9-20(24)4)30(36)31(37)34(28)32-33-25-15-14-23(38-6-2)18-26(25)40-32/h8-15,17-18,28,35H,5-7,16H2,1-4H3. The first-order chi connectivity index (χ1) is 19.3. The van der Waals surface area contributed by atoms with E-state index in [-0.39, 0.29) is 11.3 Å². The lowest BCUT2D eigenvalue weighted by Gasteiger charge is -2.23. The summed E-state index contributed by atoms with van der Waals surface area (Å²) in [4.78, 5) is 33.3. The molecule has 40 heavy (non-hydrogen) atoms. The highest BCUT2D eigenvalue weighted by molar-refractivity contribution is 7.22. The minimum atomic E-state index is -0.864. The SMILES string of the molecule is CCCCOc1ccc(C2C(=C(O)c3cc(C)ccc3C)C(=O)C(=O)N2c2nc3ccc(OCC)cc3s2)cc1. The maximum absolute atomic E-state index is 13.6. The minimum Gasteiger partial charge on any atom is -0.507 e. The number of amides is 1. The van der Waals surface area contributed by atoms with E-state index in [2.05, 4.69) is 6.92 Å². The lowest BCUT2D eigenvalue weighted by atomic mass is 9.93. The predicted octanol–water partition coefficient (Wildman–Crippen LogP) is 7.12. The molecule has 0 radical (unpaired) electrons. The van der Waals surface area contributed by atoms with Crippen molar-refractivity contribution in [2.24, 2.45) is 0 Å². The predicted molar refractivity (Wildman–Crippen MR) is 158 cm³/mol. The fourth-order valence-electron chi connectivity index (χ4n) is 4.81. The second-order valence-electron chi connectivity index (χ2n) is 9.82. The molecule has 0 bridgehead atoms. The summed E-state index contributed by atoms with van der Waals surface area (Å²) in [5.41, 5.74) is 3.65. The number of carbonyl (C=O) groups excluding carboxylic acids is 2. The lowest BCUT2D eigenvalue weighted by molar-refractivity contribution is -0.132. The van der Waals surface area contributed by atoms with Gasteiger partial charge in [0.1, 0.15) is 17.3 Å². The Morgan fingerprint density at radius 2 is 1.73 bits per heavy atom. The molecule has 4 aromatic rings. The van der Waals surface area contributed by atoms with Gasteiger partial charge in [-0.1, -0.05) is 54.5 Å². The molecule has 1 unspecified atom stereocenters. The fourth-order valence-corrected chi connectivity index (χ4v) is 5.83. The van der Waals surface area contributed by atoms with E-state index in [1.54, 1.807) is 0 Å². The summed E-state index contributed by atoms with van der Waals surface area (Å²) in [5, 5.41) is 11.9. The zero-order valence-electron chi connectivity index (χ0n) is 23.1. The fraction of sp³-hybridized carbons (Fsp3) is 0.281. The monoisotopic (exact) mass is 556 g/mol. The van der Waals surface area contributed by atoms with Gasteiger partial charge in [0, 0.05) is 5.56 Å². The van der Waals surface area contributed by atoms with Gasteiger partial charge in [0.15, 0.2) is 5.13 Å². The Kier molecular flexibility index (Phi) is 7.89. The van der Waals surface area contributed by atoms with Crippen LogP contribution in [0.4, 0.5) is 5.13 Å². The average Bonchev–Trinajstić information content (AvgIpc) is 3.48. The molecule has 5 rings (SSSR count). The van der Waals surface area contributed by atoms with E-state index < -0.39 is 17.7 Å². The van der Waals surface area contributed by atoms with Crippen molar-refractivity contribution in [3.63, 3.8) is 0 Å². The molecule has 1 aliphatic rings. The molecular formula is C32H32N2O5S. The summed E-state index contributed by atoms with van der Waals surface area (Å²) in [6.07, 6.45) is 1.97. The van der Waals surface area contributed by atoms with E-state index in [9.17, 15) is 14.7 Å². The van der Waals surface area contributed by atoms with E-state index in [0.29, 0.717) is 46.5 Å². The van der Waals surface area contributed by atoms with Crippen molar-refractivity contribution in [2.45, 2.75) is 46.6 Å². The zero-order chi connectivity index (χ0) is 28.4. The highest BCUT2D eigenvalue weighted by atomic mass is 32.1. The number of rotatable bonds is 9. The molecule has 0 spiro atoms. The maximum atomic E-state index is 13.6. The van der Waals surface area contributed by atoms with Crippen LogP contribution in [0.2, 0.25) is 0 Å². The molecular weight excluding hydrogens is 524 g/mol. The Hall–Kier alpha value is -4.17. The number of aliphatic hydroxyl groups is 1. The number of aromatic nitrogens is 1. The minimum absolute atomic E-state index is 0.0348. The van der Waals surface area contributed by atoms with Crippen LogP contribution in [0, 0.1) is 13.8 Å². The number of anilines is 1. The number of thiazole rings is 1. The van der Waals surface area contributed by atoms with Gasteiger partial charge in [0.25, 0.3) is 5.78 Å². The number of hydrogen-bond acceptors (Lipinski definition) is 7. The first-order valence-electron chi connectivity index (χ1n) is 13.5. The molecule has 1 amide bonds. The van der Waals surface area contributed by atoms with Gasteiger partial charge in [0.05, 0.1) is 35.0 Å². The topological polar surface area (TPSA) is 89.0 Å². The number of unbranched alkanes of at least 4 members (excludes halogenated alkanes) is 1. The zero-order valence-corrected chi connectivity index (χ0v) is 23.9. The summed E-state index contributed by atoms with van der Waals surface area (Å²) in [7, 11) is 0. The molecule has 1 fully saturated rings. The van der Waals surface area contributed by atoms with Crippen LogP contribution in [-0.4, -0.2) is 35.0 Å². The number of nitrogens with zero attached hydrogens (tertiary/aromatic N) is 2. The van der Waals surface area contributed by atoms with Crippen LogP contribution in [0.5, 0.6) is 11.5 Å². The second-order valence-corrected chi connectivity index (χ2v) is 10.8. The quantitative estimate of drug-likeness (QED) is 0.102. The van der Waals surface area contributed by atoms with Crippen LogP contribution in [0.3, 0.4) is 0 Å². The Morgan fingerprint density at radius 3 is 2.45 bits per heavy atom. The third-order valence-electron chi connectivity index (χ3n) is 6.92. The molecule has 8 heteroatoms. The molecule has 7 nitrogen and oxygen atoms in total. The van der Waals surface area contributed by atoms with E-state index in [1.165, 1.54) is 16.2 Å². The van der Waals surface area contributed by atoms with Crippen molar-refractivity contribution in [3.8, 4) is 11.5 Å². The average molecular weight is 557 g/mol. The highest BCUT2D eigenvalue weighted by Crippen LogP contribution is 2.45. The van der Waals surface area contributed by atoms with Crippen LogP contribution in [0.1, 0.15) is 55.0 Å². The first-order valence-corrected chi connectivity index (χ1v) is 14.3. The van der Waals surface area contributed by atoms with Crippen molar-refractivity contribution < 1.29 is 24.2 Å². The Bertz CT molecular complexity index is 1610. The van der Waals surface area contributed by atoms with Crippen molar-refractivity contribution in [3.05, 3.63) is 88.5 Å². The Labute approximate surface area is 237 Å². The molecule has 1 aromatic heterocycles. The molecule has 1 saturated heterocycles. The van der Waals surface area contributed by atoms with Crippen molar-refractivity contribution in [1.82, 2.24) is 4.98 Å². The molecule has 206 valence electrons. The molecule has 1 aliphatic heterocycles. The van der Waals surface area contributed by atoms with Gasteiger partial charge in [0.2, 0.25) is 0 Å². The third-order valence-corrected chi connectivity index (χ3v) is 7.94. The van der Waals surface area contributed by atoms with Crippen LogP contribution in [-0.2, 0) is 9.59 Å². The number of carbonyl (C=O) groups is 2. The first kappa shape index (κ1) is 27.4. The van der Waals surface area contributed by atoms with Gasteiger partial charge in [-0.05, 0) is 74.7 Å². The third kappa shape index (κ3) is 5.19. The highest BCUT2D eigenvalue weighted by Gasteiger charge is 2.48. The van der Waals surface area contributed by atoms with Gasteiger partial charge in [-0.3, -0.25) is 14.5 Å². The van der Waals surface area contributed by atoms with Gasteiger partial charge < -0.3 is 14.6 Å². The Balaban J connectivity index is 1.65. The molecule has 2 heterocycles. The number of ether oxygens (including phenoxy) is 2.